The van der Waals surface area contributed by atoms with Crippen molar-refractivity contribution in [2.75, 3.05) is 34.4 Å². The number of likely N-dealkylation sites (N-methyl/N-ethyl adjacent to an activating group) is 1. The van der Waals surface area contributed by atoms with E-state index in [2.05, 4.69) is 5.32 Å². The Hall–Kier alpha value is -4.07. The van der Waals surface area contributed by atoms with Crippen LogP contribution in [-0.2, 0) is 21.5 Å². The molecule has 8 heteroatoms. The number of rotatable bonds is 8. The van der Waals surface area contributed by atoms with Gasteiger partial charge in [0.1, 0.15) is 12.1 Å². The van der Waals surface area contributed by atoms with Gasteiger partial charge in [-0.1, -0.05) is 42.5 Å². The van der Waals surface area contributed by atoms with Crippen LogP contribution in [0.1, 0.15) is 18.1 Å². The van der Waals surface area contributed by atoms with Crippen molar-refractivity contribution in [3.63, 3.8) is 0 Å². The van der Waals surface area contributed by atoms with E-state index in [9.17, 15) is 14.4 Å². The van der Waals surface area contributed by atoms with Crippen LogP contribution < -0.4 is 14.8 Å². The lowest BCUT2D eigenvalue weighted by Crippen LogP contribution is -2.44. The number of imide groups is 1. The molecule has 8 nitrogen and oxygen atoms in total. The zero-order valence-electron chi connectivity index (χ0n) is 20.3. The lowest BCUT2D eigenvalue weighted by molar-refractivity contribution is -0.138. The molecule has 4 amide bonds. The third-order valence-corrected chi connectivity index (χ3v) is 6.50. The highest BCUT2D eigenvalue weighted by Crippen LogP contribution is 2.31. The lowest BCUT2D eigenvalue weighted by Gasteiger charge is -2.23. The molecule has 1 N–H and O–H groups in total. The molecule has 0 bridgehead atoms. The molecule has 1 atom stereocenters. The van der Waals surface area contributed by atoms with Gasteiger partial charge in [0.15, 0.2) is 11.5 Å². The molecule has 0 aliphatic carbocycles. The summed E-state index contributed by atoms with van der Waals surface area (Å²) in [5, 5.41) is 4.79. The number of carbonyl (C=O) groups is 3. The Morgan fingerprint density at radius 1 is 0.971 bits per heavy atom. The first-order valence-corrected chi connectivity index (χ1v) is 11.3. The molecule has 1 saturated heterocycles. The normalized spacial score (nSPS) is 17.4. The summed E-state index contributed by atoms with van der Waals surface area (Å²) in [5.74, 6) is 0.483. The molecule has 0 spiro atoms. The van der Waals surface area contributed by atoms with Crippen molar-refractivity contribution in [2.45, 2.75) is 18.9 Å². The number of hydrogen-bond acceptors (Lipinski definition) is 5. The van der Waals surface area contributed by atoms with E-state index in [-0.39, 0.29) is 12.5 Å². The highest BCUT2D eigenvalue weighted by Gasteiger charge is 2.49. The Morgan fingerprint density at radius 3 is 2.40 bits per heavy atom. The van der Waals surface area contributed by atoms with Gasteiger partial charge in [0, 0.05) is 13.6 Å². The smallest absolute Gasteiger partial charge is 0.325 e. The van der Waals surface area contributed by atoms with E-state index in [1.54, 1.807) is 28.2 Å². The average Bonchev–Trinajstić information content (AvgIpc) is 3.10. The van der Waals surface area contributed by atoms with Gasteiger partial charge in [0.2, 0.25) is 5.91 Å². The topological polar surface area (TPSA) is 88.2 Å². The van der Waals surface area contributed by atoms with Gasteiger partial charge in [-0.15, -0.1) is 0 Å². The summed E-state index contributed by atoms with van der Waals surface area (Å²) < 4.78 is 10.6. The van der Waals surface area contributed by atoms with Crippen LogP contribution in [-0.4, -0.2) is 62.0 Å². The van der Waals surface area contributed by atoms with E-state index in [1.807, 2.05) is 60.7 Å². The number of hydrogen-bond donors (Lipinski definition) is 1. The monoisotopic (exact) mass is 475 g/mol. The maximum Gasteiger partial charge on any atom is 0.325 e. The Kier molecular flexibility index (Phi) is 6.64. The molecular formula is C27H29N3O5. The van der Waals surface area contributed by atoms with Gasteiger partial charge in [0.25, 0.3) is 5.91 Å². The van der Waals surface area contributed by atoms with E-state index in [0.29, 0.717) is 30.0 Å². The van der Waals surface area contributed by atoms with Crippen LogP contribution in [0, 0.1) is 0 Å². The fraction of sp³-hybridized carbons (Fsp3) is 0.296. The summed E-state index contributed by atoms with van der Waals surface area (Å²) in [6.45, 7) is 1.76. The van der Waals surface area contributed by atoms with Crippen molar-refractivity contribution in [3.8, 4) is 11.5 Å². The molecule has 35 heavy (non-hydrogen) atoms. The predicted octanol–water partition coefficient (Wildman–Crippen LogP) is 3.33. The van der Waals surface area contributed by atoms with Gasteiger partial charge in [-0.25, -0.2) is 4.79 Å². The summed E-state index contributed by atoms with van der Waals surface area (Å²) in [6.07, 6.45) is 0.581. The van der Waals surface area contributed by atoms with Crippen LogP contribution >= 0.6 is 0 Å². The SMILES string of the molecule is COc1ccc(CCN(C)C(=O)CN2C(=O)N[C@@](C)(c3ccc4ccccc4c3)C2=O)cc1OC. The molecule has 1 aliphatic rings. The minimum absolute atomic E-state index is 0.322. The minimum atomic E-state index is -1.24. The van der Waals surface area contributed by atoms with Crippen LogP contribution in [0.5, 0.6) is 11.5 Å². The number of methoxy groups -OCH3 is 2. The second-order valence-electron chi connectivity index (χ2n) is 8.76. The molecule has 4 rings (SSSR count). The zero-order valence-corrected chi connectivity index (χ0v) is 20.3. The summed E-state index contributed by atoms with van der Waals surface area (Å²) in [6, 6.07) is 18.5. The number of fused-ring (bicyclic) bond motifs is 1. The van der Waals surface area contributed by atoms with Gasteiger partial charge in [0.05, 0.1) is 14.2 Å². The van der Waals surface area contributed by atoms with Gasteiger partial charge in [-0.2, -0.15) is 0 Å². The van der Waals surface area contributed by atoms with Crippen LogP contribution in [0.25, 0.3) is 10.8 Å². The second kappa shape index (κ2) is 9.66. The fourth-order valence-electron chi connectivity index (χ4n) is 4.25. The van der Waals surface area contributed by atoms with Gasteiger partial charge < -0.3 is 19.7 Å². The number of amides is 4. The Labute approximate surface area is 204 Å². The van der Waals surface area contributed by atoms with Crippen molar-refractivity contribution in [2.24, 2.45) is 0 Å². The molecule has 3 aromatic carbocycles. The molecule has 0 saturated carbocycles. The maximum absolute atomic E-state index is 13.3. The number of nitrogens with zero attached hydrogens (tertiary/aromatic N) is 2. The lowest BCUT2D eigenvalue weighted by atomic mass is 9.90. The molecule has 3 aromatic rings. The first-order valence-electron chi connectivity index (χ1n) is 11.3. The van der Waals surface area contributed by atoms with Crippen LogP contribution in [0.3, 0.4) is 0 Å². The van der Waals surface area contributed by atoms with Crippen LogP contribution in [0.2, 0.25) is 0 Å². The number of urea groups is 1. The molecule has 1 aliphatic heterocycles. The quantitative estimate of drug-likeness (QED) is 0.505. The molecule has 182 valence electrons. The number of benzene rings is 3. The first kappa shape index (κ1) is 24.1. The number of carbonyl (C=O) groups excluding carboxylic acids is 3. The third kappa shape index (κ3) is 4.64. The Morgan fingerprint density at radius 2 is 1.69 bits per heavy atom. The highest BCUT2D eigenvalue weighted by molar-refractivity contribution is 6.09. The largest absolute Gasteiger partial charge is 0.493 e. The van der Waals surface area contributed by atoms with Crippen molar-refractivity contribution in [1.82, 2.24) is 15.1 Å². The van der Waals surface area contributed by atoms with Gasteiger partial charge in [-0.05, 0) is 53.4 Å². The Bertz CT molecular complexity index is 1290. The molecule has 0 radical (unpaired) electrons. The number of ether oxygens (including phenoxy) is 2. The van der Waals surface area contributed by atoms with E-state index in [1.165, 1.54) is 4.90 Å². The number of nitrogens with one attached hydrogen (secondary N) is 1. The van der Waals surface area contributed by atoms with Crippen molar-refractivity contribution in [3.05, 3.63) is 71.8 Å². The zero-order chi connectivity index (χ0) is 25.2. The summed E-state index contributed by atoms with van der Waals surface area (Å²) in [5.41, 5.74) is 0.409. The molecule has 1 fully saturated rings. The first-order chi connectivity index (χ1) is 16.8. The third-order valence-electron chi connectivity index (χ3n) is 6.50. The molecule has 0 unspecified atom stereocenters. The Balaban J connectivity index is 1.42. The van der Waals surface area contributed by atoms with E-state index in [4.69, 9.17) is 9.47 Å². The molecular weight excluding hydrogens is 446 g/mol. The maximum atomic E-state index is 13.3. The fourth-order valence-corrected chi connectivity index (χ4v) is 4.25. The van der Waals surface area contributed by atoms with Gasteiger partial charge >= 0.3 is 6.03 Å². The van der Waals surface area contributed by atoms with Gasteiger partial charge in [-0.3, -0.25) is 14.5 Å². The van der Waals surface area contributed by atoms with Crippen molar-refractivity contribution >= 4 is 28.6 Å². The predicted molar refractivity (Wildman–Crippen MR) is 132 cm³/mol. The summed E-state index contributed by atoms with van der Waals surface area (Å²) >= 11 is 0. The van der Waals surface area contributed by atoms with Crippen LogP contribution in [0.4, 0.5) is 4.79 Å². The summed E-state index contributed by atoms with van der Waals surface area (Å²) in [7, 11) is 4.80. The standard InChI is InChI=1S/C27H29N3O5/c1-27(21-11-10-19-7-5-6-8-20(19)16-21)25(32)30(26(33)28-27)17-24(31)29(2)14-13-18-9-12-22(34-3)23(15-18)35-4/h5-12,15-16H,13-14,17H2,1-4H3,(H,28,33)/t27-/m0/s1. The highest BCUT2D eigenvalue weighted by atomic mass is 16.5. The van der Waals surface area contributed by atoms with E-state index < -0.39 is 17.5 Å². The van der Waals surface area contributed by atoms with Crippen LogP contribution in [0.15, 0.2) is 60.7 Å². The average molecular weight is 476 g/mol. The molecule has 1 heterocycles. The van der Waals surface area contributed by atoms with Crippen molar-refractivity contribution < 1.29 is 23.9 Å². The summed E-state index contributed by atoms with van der Waals surface area (Å²) in [4.78, 5) is 41.4. The minimum Gasteiger partial charge on any atom is -0.493 e. The van der Waals surface area contributed by atoms with Crippen molar-refractivity contribution in [1.29, 1.82) is 0 Å². The second-order valence-corrected chi connectivity index (χ2v) is 8.76. The van der Waals surface area contributed by atoms with E-state index in [0.717, 1.165) is 21.2 Å². The van der Waals surface area contributed by atoms with E-state index >= 15 is 0 Å². The molecule has 0 aromatic heterocycles.